The van der Waals surface area contributed by atoms with Crippen LogP contribution in [-0.4, -0.2) is 13.1 Å². The minimum atomic E-state index is 0.560. The molecular formula is C13H21BrN2. The Morgan fingerprint density at radius 3 is 2.62 bits per heavy atom. The van der Waals surface area contributed by atoms with Gasteiger partial charge < -0.3 is 10.6 Å². The first-order valence-corrected chi connectivity index (χ1v) is 6.60. The Labute approximate surface area is 107 Å². The molecule has 0 spiro atoms. The number of nitrogens with zero attached hydrogens (tertiary/aromatic N) is 1. The normalized spacial score (nSPS) is 12.6. The van der Waals surface area contributed by atoms with Gasteiger partial charge in [-0.3, -0.25) is 0 Å². The van der Waals surface area contributed by atoms with Gasteiger partial charge in [-0.2, -0.15) is 0 Å². The molecule has 2 N–H and O–H groups in total. The van der Waals surface area contributed by atoms with E-state index >= 15 is 0 Å². The summed E-state index contributed by atoms with van der Waals surface area (Å²) in [7, 11) is 2.14. The van der Waals surface area contributed by atoms with Gasteiger partial charge in [-0.1, -0.05) is 29.3 Å². The van der Waals surface area contributed by atoms with Crippen molar-refractivity contribution in [1.82, 2.24) is 0 Å². The lowest BCUT2D eigenvalue weighted by molar-refractivity contribution is 0.616. The summed E-state index contributed by atoms with van der Waals surface area (Å²) >= 11 is 3.53. The molecule has 0 amide bonds. The molecule has 0 aliphatic carbocycles. The van der Waals surface area contributed by atoms with Crippen LogP contribution in [0, 0.1) is 0 Å². The van der Waals surface area contributed by atoms with Crippen LogP contribution in [0.1, 0.15) is 32.3 Å². The molecule has 0 radical (unpaired) electrons. The summed E-state index contributed by atoms with van der Waals surface area (Å²) < 4.78 is 1.10. The predicted molar refractivity (Wildman–Crippen MR) is 74.8 cm³/mol. The Bertz CT molecular complexity index is 339. The Balaban J connectivity index is 2.89. The summed E-state index contributed by atoms with van der Waals surface area (Å²) in [5, 5.41) is 0. The van der Waals surface area contributed by atoms with Crippen molar-refractivity contribution in [3.8, 4) is 0 Å². The molecule has 0 fully saturated rings. The van der Waals surface area contributed by atoms with Gasteiger partial charge in [0, 0.05) is 29.8 Å². The molecule has 0 saturated carbocycles. The number of benzene rings is 1. The molecule has 0 bridgehead atoms. The van der Waals surface area contributed by atoms with Crippen LogP contribution in [0.25, 0.3) is 0 Å². The van der Waals surface area contributed by atoms with Crippen LogP contribution in [0.4, 0.5) is 5.69 Å². The first kappa shape index (κ1) is 13.5. The van der Waals surface area contributed by atoms with Crippen molar-refractivity contribution in [3.63, 3.8) is 0 Å². The van der Waals surface area contributed by atoms with Gasteiger partial charge in [0.2, 0.25) is 0 Å². The van der Waals surface area contributed by atoms with Gasteiger partial charge in [0.15, 0.2) is 0 Å². The molecule has 1 rings (SSSR count). The van der Waals surface area contributed by atoms with E-state index < -0.39 is 0 Å². The largest absolute Gasteiger partial charge is 0.372 e. The van der Waals surface area contributed by atoms with Crippen molar-refractivity contribution in [3.05, 3.63) is 28.2 Å². The number of anilines is 1. The van der Waals surface area contributed by atoms with E-state index in [1.165, 1.54) is 24.1 Å². The van der Waals surface area contributed by atoms with E-state index in [0.717, 1.165) is 4.47 Å². The number of hydrogen-bond donors (Lipinski definition) is 1. The van der Waals surface area contributed by atoms with Gasteiger partial charge in [0.25, 0.3) is 0 Å². The zero-order valence-electron chi connectivity index (χ0n) is 10.3. The monoisotopic (exact) mass is 284 g/mol. The van der Waals surface area contributed by atoms with Crippen molar-refractivity contribution in [2.45, 2.75) is 39.3 Å². The highest BCUT2D eigenvalue weighted by Crippen LogP contribution is 2.24. The third-order valence-corrected chi connectivity index (χ3v) is 3.41. The van der Waals surface area contributed by atoms with Gasteiger partial charge in [-0.15, -0.1) is 0 Å². The minimum absolute atomic E-state index is 0.560. The molecule has 0 aromatic heterocycles. The summed E-state index contributed by atoms with van der Waals surface area (Å²) in [6.45, 7) is 5.06. The fraction of sp³-hybridized carbons (Fsp3) is 0.538. The van der Waals surface area contributed by atoms with Gasteiger partial charge in [0.1, 0.15) is 0 Å². The Morgan fingerprint density at radius 2 is 2.06 bits per heavy atom. The summed E-state index contributed by atoms with van der Waals surface area (Å²) in [6, 6.07) is 6.94. The average Bonchev–Trinajstić information content (AvgIpc) is 2.27. The van der Waals surface area contributed by atoms with Crippen LogP contribution in [0.15, 0.2) is 22.7 Å². The lowest BCUT2D eigenvalue weighted by Crippen LogP contribution is -2.28. The van der Waals surface area contributed by atoms with Crippen molar-refractivity contribution in [2.24, 2.45) is 5.73 Å². The van der Waals surface area contributed by atoms with E-state index in [4.69, 9.17) is 5.73 Å². The molecule has 0 heterocycles. The standard InChI is InChI=1S/C13H21BrN2/c1-4-5-10(2)16(3)13-7-11(9-15)6-12(14)8-13/h6-8,10H,4-5,9,15H2,1-3H3. The van der Waals surface area contributed by atoms with Crippen LogP contribution in [0.2, 0.25) is 0 Å². The highest BCUT2D eigenvalue weighted by Gasteiger charge is 2.10. The highest BCUT2D eigenvalue weighted by molar-refractivity contribution is 9.10. The fourth-order valence-electron chi connectivity index (χ4n) is 1.82. The molecule has 1 unspecified atom stereocenters. The fourth-order valence-corrected chi connectivity index (χ4v) is 2.35. The lowest BCUT2D eigenvalue weighted by atomic mass is 10.1. The summed E-state index contributed by atoms with van der Waals surface area (Å²) in [4.78, 5) is 2.31. The summed E-state index contributed by atoms with van der Waals surface area (Å²) in [6.07, 6.45) is 2.42. The molecule has 1 aromatic carbocycles. The van der Waals surface area contributed by atoms with Crippen molar-refractivity contribution in [1.29, 1.82) is 0 Å². The Hall–Kier alpha value is -0.540. The molecule has 1 aromatic rings. The van der Waals surface area contributed by atoms with E-state index in [1.807, 2.05) is 0 Å². The summed E-state index contributed by atoms with van der Waals surface area (Å²) in [5.74, 6) is 0. The maximum atomic E-state index is 5.68. The molecule has 0 aliphatic rings. The van der Waals surface area contributed by atoms with Gasteiger partial charge >= 0.3 is 0 Å². The average molecular weight is 285 g/mol. The minimum Gasteiger partial charge on any atom is -0.372 e. The third kappa shape index (κ3) is 3.49. The van der Waals surface area contributed by atoms with Crippen LogP contribution in [0.3, 0.4) is 0 Å². The quantitative estimate of drug-likeness (QED) is 0.896. The molecule has 2 nitrogen and oxygen atoms in total. The third-order valence-electron chi connectivity index (χ3n) is 2.95. The molecule has 90 valence electrons. The van der Waals surface area contributed by atoms with Gasteiger partial charge in [-0.25, -0.2) is 0 Å². The van der Waals surface area contributed by atoms with Crippen LogP contribution in [-0.2, 0) is 6.54 Å². The second-order valence-electron chi connectivity index (χ2n) is 4.27. The highest BCUT2D eigenvalue weighted by atomic mass is 79.9. The molecule has 3 heteroatoms. The number of nitrogens with two attached hydrogens (primary N) is 1. The van der Waals surface area contributed by atoms with Crippen LogP contribution in [0.5, 0.6) is 0 Å². The maximum absolute atomic E-state index is 5.68. The Morgan fingerprint density at radius 1 is 1.38 bits per heavy atom. The van der Waals surface area contributed by atoms with Crippen LogP contribution < -0.4 is 10.6 Å². The molecule has 16 heavy (non-hydrogen) atoms. The van der Waals surface area contributed by atoms with E-state index in [0.29, 0.717) is 12.6 Å². The van der Waals surface area contributed by atoms with E-state index in [1.54, 1.807) is 0 Å². The number of halogens is 1. The molecule has 1 atom stereocenters. The second-order valence-corrected chi connectivity index (χ2v) is 5.19. The van der Waals surface area contributed by atoms with E-state index in [-0.39, 0.29) is 0 Å². The smallest absolute Gasteiger partial charge is 0.0380 e. The topological polar surface area (TPSA) is 29.3 Å². The van der Waals surface area contributed by atoms with Gasteiger partial charge in [0.05, 0.1) is 0 Å². The zero-order valence-corrected chi connectivity index (χ0v) is 11.9. The maximum Gasteiger partial charge on any atom is 0.0380 e. The lowest BCUT2D eigenvalue weighted by Gasteiger charge is -2.27. The first-order valence-electron chi connectivity index (χ1n) is 5.80. The van der Waals surface area contributed by atoms with Crippen LogP contribution >= 0.6 is 15.9 Å². The van der Waals surface area contributed by atoms with Crippen molar-refractivity contribution < 1.29 is 0 Å². The molecule has 0 saturated heterocycles. The molecular weight excluding hydrogens is 264 g/mol. The first-order chi connectivity index (χ1) is 7.58. The Kier molecular flexibility index (Phi) is 5.29. The van der Waals surface area contributed by atoms with Crippen molar-refractivity contribution in [2.75, 3.05) is 11.9 Å². The van der Waals surface area contributed by atoms with Gasteiger partial charge in [-0.05, 0) is 37.1 Å². The summed E-state index contributed by atoms with van der Waals surface area (Å²) in [5.41, 5.74) is 8.08. The van der Waals surface area contributed by atoms with E-state index in [9.17, 15) is 0 Å². The predicted octanol–water partition coefficient (Wildman–Crippen LogP) is 3.53. The number of rotatable bonds is 5. The van der Waals surface area contributed by atoms with Crippen molar-refractivity contribution >= 4 is 21.6 Å². The second kappa shape index (κ2) is 6.26. The molecule has 0 aliphatic heterocycles. The number of hydrogen-bond acceptors (Lipinski definition) is 2. The van der Waals surface area contributed by atoms with E-state index in [2.05, 4.69) is 59.9 Å². The zero-order chi connectivity index (χ0) is 12.1. The SMILES string of the molecule is CCCC(C)N(C)c1cc(Br)cc(CN)c1.